The lowest BCUT2D eigenvalue weighted by molar-refractivity contribution is -0.143. The second-order valence-corrected chi connectivity index (χ2v) is 7.79. The third kappa shape index (κ3) is 4.46. The summed E-state index contributed by atoms with van der Waals surface area (Å²) in [6.45, 7) is 5.51. The summed E-state index contributed by atoms with van der Waals surface area (Å²) in [7, 11) is -2.48. The third-order valence-electron chi connectivity index (χ3n) is 4.10. The van der Waals surface area contributed by atoms with Crippen molar-refractivity contribution >= 4 is 21.9 Å². The molecule has 2 rings (SSSR count). The smallest absolute Gasteiger partial charge is 0.324 e. The molecule has 0 saturated carbocycles. The van der Waals surface area contributed by atoms with E-state index in [1.807, 2.05) is 30.3 Å². The number of nitrogens with zero attached hydrogens (tertiary/aromatic N) is 2. The van der Waals surface area contributed by atoms with Crippen molar-refractivity contribution in [3.05, 3.63) is 30.3 Å². The van der Waals surface area contributed by atoms with Crippen LogP contribution in [0.3, 0.4) is 0 Å². The summed E-state index contributed by atoms with van der Waals surface area (Å²) in [5, 5.41) is 0. The van der Waals surface area contributed by atoms with Crippen LogP contribution in [0.25, 0.3) is 0 Å². The quantitative estimate of drug-likeness (QED) is 0.765. The fraction of sp³-hybridized carbons (Fsp3) is 0.562. The molecule has 0 aromatic heterocycles. The highest BCUT2D eigenvalue weighted by atomic mass is 32.2. The number of piperazine rings is 1. The molecular formula is C16H25N3O4S. The molecule has 24 heavy (non-hydrogen) atoms. The van der Waals surface area contributed by atoms with Gasteiger partial charge in [-0.3, -0.25) is 4.79 Å². The topological polar surface area (TPSA) is 78.9 Å². The Labute approximate surface area is 143 Å². The molecule has 1 aromatic carbocycles. The van der Waals surface area contributed by atoms with Gasteiger partial charge in [-0.2, -0.15) is 17.4 Å². The zero-order valence-electron chi connectivity index (χ0n) is 14.3. The Bertz CT molecular complexity index is 641. The molecule has 8 heteroatoms. The molecule has 1 aliphatic rings. The lowest BCUT2D eigenvalue weighted by Gasteiger charge is -2.36. The number of carbonyl (C=O) groups excluding carboxylic acids is 1. The molecule has 1 heterocycles. The van der Waals surface area contributed by atoms with Crippen LogP contribution in [0.15, 0.2) is 30.3 Å². The Morgan fingerprint density at radius 1 is 1.12 bits per heavy atom. The molecule has 0 spiro atoms. The van der Waals surface area contributed by atoms with Crippen LogP contribution in [-0.4, -0.2) is 58.0 Å². The maximum Gasteiger partial charge on any atom is 0.324 e. The Morgan fingerprint density at radius 2 is 1.71 bits per heavy atom. The molecule has 1 fully saturated rings. The molecule has 7 nitrogen and oxygen atoms in total. The van der Waals surface area contributed by atoms with Crippen molar-refractivity contribution in [2.24, 2.45) is 5.92 Å². The molecule has 0 amide bonds. The summed E-state index contributed by atoms with van der Waals surface area (Å²) in [6.07, 6.45) is 0. The number of hydrogen-bond donors (Lipinski definition) is 1. The highest BCUT2D eigenvalue weighted by Gasteiger charge is 2.33. The number of methoxy groups -OCH3 is 1. The van der Waals surface area contributed by atoms with Crippen LogP contribution in [0.1, 0.15) is 13.8 Å². The van der Waals surface area contributed by atoms with Gasteiger partial charge in [-0.25, -0.2) is 0 Å². The first kappa shape index (κ1) is 18.7. The van der Waals surface area contributed by atoms with Gasteiger partial charge in [0.05, 0.1) is 7.11 Å². The van der Waals surface area contributed by atoms with Crippen molar-refractivity contribution in [1.82, 2.24) is 9.03 Å². The number of nitrogens with one attached hydrogen (secondary N) is 1. The molecule has 1 atom stereocenters. The van der Waals surface area contributed by atoms with Gasteiger partial charge >= 0.3 is 5.97 Å². The number of hydrogen-bond acceptors (Lipinski definition) is 5. The van der Waals surface area contributed by atoms with Crippen molar-refractivity contribution in [3.63, 3.8) is 0 Å². The van der Waals surface area contributed by atoms with Gasteiger partial charge in [-0.05, 0) is 18.1 Å². The second kappa shape index (κ2) is 7.96. The highest BCUT2D eigenvalue weighted by Crippen LogP contribution is 2.17. The first-order valence-corrected chi connectivity index (χ1v) is 9.44. The molecule has 0 aliphatic carbocycles. The van der Waals surface area contributed by atoms with E-state index in [0.29, 0.717) is 26.2 Å². The molecule has 0 bridgehead atoms. The van der Waals surface area contributed by atoms with E-state index in [1.165, 1.54) is 11.4 Å². The van der Waals surface area contributed by atoms with Crippen molar-refractivity contribution < 1.29 is 17.9 Å². The standard InChI is InChI=1S/C16H25N3O4S/c1-13(2)15(16(20)23-3)17-24(21,22)19-11-9-18(10-12-19)14-7-5-4-6-8-14/h4-8,13,15,17H,9-12H2,1-3H3/t15-/m1/s1. The molecule has 1 aromatic rings. The Hall–Kier alpha value is -1.64. The van der Waals surface area contributed by atoms with E-state index in [9.17, 15) is 13.2 Å². The lowest BCUT2D eigenvalue weighted by atomic mass is 10.1. The van der Waals surface area contributed by atoms with Crippen molar-refractivity contribution in [3.8, 4) is 0 Å². The van der Waals surface area contributed by atoms with Crippen molar-refractivity contribution in [1.29, 1.82) is 0 Å². The monoisotopic (exact) mass is 355 g/mol. The number of para-hydroxylation sites is 1. The van der Waals surface area contributed by atoms with Crippen LogP contribution >= 0.6 is 0 Å². The highest BCUT2D eigenvalue weighted by molar-refractivity contribution is 7.87. The molecule has 134 valence electrons. The van der Waals surface area contributed by atoms with Crippen LogP contribution in [0.5, 0.6) is 0 Å². The number of rotatable bonds is 6. The van der Waals surface area contributed by atoms with E-state index < -0.39 is 22.2 Å². The van der Waals surface area contributed by atoms with Gasteiger partial charge in [0.15, 0.2) is 0 Å². The van der Waals surface area contributed by atoms with Gasteiger partial charge in [0.25, 0.3) is 10.2 Å². The predicted octanol–water partition coefficient (Wildman–Crippen LogP) is 0.841. The second-order valence-electron chi connectivity index (χ2n) is 6.09. The van der Waals surface area contributed by atoms with Crippen LogP contribution in [-0.2, 0) is 19.7 Å². The first-order chi connectivity index (χ1) is 11.3. The van der Waals surface area contributed by atoms with Crippen LogP contribution < -0.4 is 9.62 Å². The van der Waals surface area contributed by atoms with Crippen molar-refractivity contribution in [2.45, 2.75) is 19.9 Å². The van der Waals surface area contributed by atoms with Crippen molar-refractivity contribution in [2.75, 3.05) is 38.2 Å². The summed E-state index contributed by atoms with van der Waals surface area (Å²) < 4.78 is 33.6. The SMILES string of the molecule is COC(=O)[C@H](NS(=O)(=O)N1CCN(c2ccccc2)CC1)C(C)C. The summed E-state index contributed by atoms with van der Waals surface area (Å²) in [5.41, 5.74) is 1.08. The van der Waals surface area contributed by atoms with Gasteiger partial charge in [0.1, 0.15) is 6.04 Å². The molecule has 0 unspecified atom stereocenters. The minimum absolute atomic E-state index is 0.196. The summed E-state index contributed by atoms with van der Waals surface area (Å²) in [5.74, 6) is -0.769. The zero-order chi connectivity index (χ0) is 17.7. The minimum Gasteiger partial charge on any atom is -0.468 e. The first-order valence-electron chi connectivity index (χ1n) is 8.00. The van der Waals surface area contributed by atoms with Crippen LogP contribution in [0.4, 0.5) is 5.69 Å². The fourth-order valence-electron chi connectivity index (χ4n) is 2.64. The maximum absolute atomic E-state index is 12.6. The molecule has 1 N–H and O–H groups in total. The van der Waals surface area contributed by atoms with E-state index >= 15 is 0 Å². The van der Waals surface area contributed by atoms with E-state index in [2.05, 4.69) is 14.4 Å². The number of ether oxygens (including phenoxy) is 1. The summed E-state index contributed by atoms with van der Waals surface area (Å²) in [4.78, 5) is 13.9. The third-order valence-corrected chi connectivity index (χ3v) is 5.69. The minimum atomic E-state index is -3.73. The number of benzene rings is 1. The molecule has 1 saturated heterocycles. The molecule has 0 radical (unpaired) electrons. The number of esters is 1. The van der Waals surface area contributed by atoms with E-state index in [1.54, 1.807) is 13.8 Å². The fourth-order valence-corrected chi connectivity index (χ4v) is 4.13. The van der Waals surface area contributed by atoms with E-state index in [4.69, 9.17) is 0 Å². The number of carbonyl (C=O) groups is 1. The van der Waals surface area contributed by atoms with Gasteiger partial charge in [-0.15, -0.1) is 0 Å². The van der Waals surface area contributed by atoms with E-state index in [-0.39, 0.29) is 5.92 Å². The van der Waals surface area contributed by atoms with Gasteiger partial charge < -0.3 is 9.64 Å². The van der Waals surface area contributed by atoms with Gasteiger partial charge in [0.2, 0.25) is 0 Å². The van der Waals surface area contributed by atoms with Crippen LogP contribution in [0.2, 0.25) is 0 Å². The largest absolute Gasteiger partial charge is 0.468 e. The van der Waals surface area contributed by atoms with E-state index in [0.717, 1.165) is 5.69 Å². The molecule has 1 aliphatic heterocycles. The van der Waals surface area contributed by atoms with Gasteiger partial charge in [-0.1, -0.05) is 32.0 Å². The Kier molecular flexibility index (Phi) is 6.20. The average Bonchev–Trinajstić information content (AvgIpc) is 2.59. The Morgan fingerprint density at radius 3 is 2.21 bits per heavy atom. The van der Waals surface area contributed by atoms with Crippen LogP contribution in [0, 0.1) is 5.92 Å². The number of anilines is 1. The summed E-state index contributed by atoms with van der Waals surface area (Å²) >= 11 is 0. The van der Waals surface area contributed by atoms with Gasteiger partial charge in [0, 0.05) is 31.9 Å². The average molecular weight is 355 g/mol. The molecular weight excluding hydrogens is 330 g/mol. The zero-order valence-corrected chi connectivity index (χ0v) is 15.1. The predicted molar refractivity (Wildman–Crippen MR) is 92.9 cm³/mol. The maximum atomic E-state index is 12.6. The Balaban J connectivity index is 2.00. The normalized spacial score (nSPS) is 17.8. The lowest BCUT2D eigenvalue weighted by Crippen LogP contribution is -2.56. The summed E-state index contributed by atoms with van der Waals surface area (Å²) in [6, 6.07) is 9.01.